The molecule has 5 aromatic rings. The molecule has 1 nitrogen and oxygen atoms in total. The number of rotatable bonds is 2. The largest absolute Gasteiger partial charge is 0.418 e. The maximum Gasteiger partial charge on any atom is 0.418 e. The lowest BCUT2D eigenvalue weighted by atomic mass is 9.87. The molecule has 5 heteroatoms. The van der Waals surface area contributed by atoms with Crippen LogP contribution < -0.4 is 0 Å². The average molecular weight is 492 g/mol. The van der Waals surface area contributed by atoms with Crippen LogP contribution in [-0.2, 0) is 19.3 Å². The molecule has 2 heterocycles. The van der Waals surface area contributed by atoms with Crippen molar-refractivity contribution in [2.45, 2.75) is 47.2 Å². The van der Waals surface area contributed by atoms with Crippen LogP contribution in [0.15, 0.2) is 54.7 Å². The van der Waals surface area contributed by atoms with Gasteiger partial charge in [-0.3, -0.25) is 4.98 Å². The molecule has 0 aliphatic heterocycles. The van der Waals surface area contributed by atoms with Gasteiger partial charge in [0.15, 0.2) is 0 Å². The monoisotopic (exact) mass is 491 g/mol. The number of hydrogen-bond donors (Lipinski definition) is 0. The number of nitrogens with zero attached hydrogens (tertiary/aromatic N) is 1. The Kier molecular flexibility index (Phi) is 5.53. The van der Waals surface area contributed by atoms with E-state index in [9.17, 15) is 13.2 Å². The van der Waals surface area contributed by atoms with Crippen molar-refractivity contribution in [3.05, 3.63) is 77.0 Å². The summed E-state index contributed by atoms with van der Waals surface area (Å²) in [7, 11) is -1.02. The molecule has 0 saturated heterocycles. The van der Waals surface area contributed by atoms with Crippen molar-refractivity contribution in [3.8, 4) is 11.3 Å². The summed E-state index contributed by atoms with van der Waals surface area (Å²) in [4.78, 5) is 4.43. The minimum Gasteiger partial charge on any atom is -0.255 e. The number of benzene rings is 3. The van der Waals surface area contributed by atoms with Crippen molar-refractivity contribution in [3.63, 3.8) is 0 Å². The van der Waals surface area contributed by atoms with Gasteiger partial charge in [0, 0.05) is 27.4 Å². The third-order valence-corrected chi connectivity index (χ3v) is 8.84. The summed E-state index contributed by atoms with van der Waals surface area (Å²) in [5.41, 5.74) is 4.46. The van der Waals surface area contributed by atoms with E-state index < -0.39 is 19.3 Å². The van der Waals surface area contributed by atoms with Gasteiger partial charge in [-0.05, 0) is 66.2 Å². The van der Waals surface area contributed by atoms with Crippen LogP contribution in [-0.4, -0.2) is 4.98 Å². The van der Waals surface area contributed by atoms with E-state index in [0.717, 1.165) is 50.3 Å². The fourth-order valence-electron chi connectivity index (χ4n) is 5.40. The fourth-order valence-corrected chi connectivity index (χ4v) is 7.81. The molecule has 0 saturated carbocycles. The van der Waals surface area contributed by atoms with Gasteiger partial charge in [0.1, 0.15) is 0 Å². The molecule has 0 fully saturated rings. The molecule has 0 N–H and O–H groups in total. The van der Waals surface area contributed by atoms with Gasteiger partial charge in [0.25, 0.3) is 0 Å². The van der Waals surface area contributed by atoms with E-state index in [1.165, 1.54) is 5.56 Å². The molecule has 0 aliphatic carbocycles. The third kappa shape index (κ3) is 4.23. The first-order chi connectivity index (χ1) is 16.3. The van der Waals surface area contributed by atoms with Gasteiger partial charge in [0.05, 0.1) is 11.3 Å². The van der Waals surface area contributed by atoms with Crippen LogP contribution >= 0.6 is 7.53 Å². The topological polar surface area (TPSA) is 12.9 Å². The second-order valence-corrected chi connectivity index (χ2v) is 12.9. The van der Waals surface area contributed by atoms with Gasteiger partial charge >= 0.3 is 6.18 Å². The van der Waals surface area contributed by atoms with Crippen LogP contribution in [0, 0.1) is 19.3 Å². The van der Waals surface area contributed by atoms with E-state index in [2.05, 4.69) is 56.7 Å². The molecular weight excluding hydrogens is 462 g/mol. The number of halogens is 3. The maximum atomic E-state index is 14.2. The molecule has 0 radical (unpaired) electrons. The number of aromatic nitrogens is 1. The quantitative estimate of drug-likeness (QED) is 0.239. The van der Waals surface area contributed by atoms with Crippen molar-refractivity contribution in [2.24, 2.45) is 12.1 Å². The lowest BCUT2D eigenvalue weighted by molar-refractivity contribution is -0.136. The van der Waals surface area contributed by atoms with Crippen LogP contribution in [0.5, 0.6) is 0 Å². The highest BCUT2D eigenvalue weighted by atomic mass is 31.1. The highest BCUT2D eigenvalue weighted by molar-refractivity contribution is 7.60. The van der Waals surface area contributed by atoms with Gasteiger partial charge < -0.3 is 0 Å². The summed E-state index contributed by atoms with van der Waals surface area (Å²) < 4.78 is 42.7. The van der Waals surface area contributed by atoms with Crippen molar-refractivity contribution >= 4 is 39.3 Å². The highest BCUT2D eigenvalue weighted by Crippen LogP contribution is 2.55. The Labute approximate surface area is 205 Å². The molecule has 5 rings (SSSR count). The van der Waals surface area contributed by atoms with Crippen molar-refractivity contribution in [1.82, 2.24) is 4.98 Å². The minimum atomic E-state index is -4.47. The van der Waals surface area contributed by atoms with Gasteiger partial charge in [0.2, 0.25) is 0 Å². The van der Waals surface area contributed by atoms with Gasteiger partial charge in [-0.15, -0.1) is 7.53 Å². The van der Waals surface area contributed by atoms with E-state index in [1.807, 2.05) is 38.1 Å². The molecule has 0 amide bonds. The summed E-state index contributed by atoms with van der Waals surface area (Å²) in [6, 6.07) is 16.4. The van der Waals surface area contributed by atoms with Gasteiger partial charge in [-0.25, -0.2) is 0 Å². The fraction of sp³-hybridized carbons (Fsp3) is 0.300. The van der Waals surface area contributed by atoms with Crippen LogP contribution in [0.2, 0.25) is 0 Å². The van der Waals surface area contributed by atoms with Crippen molar-refractivity contribution < 1.29 is 13.2 Å². The first-order valence-electron chi connectivity index (χ1n) is 11.8. The third-order valence-electron chi connectivity index (χ3n) is 6.58. The van der Waals surface area contributed by atoms with Gasteiger partial charge in [-0.1, -0.05) is 68.3 Å². The first kappa shape index (κ1) is 23.9. The minimum absolute atomic E-state index is 0.159. The normalized spacial score (nSPS) is 13.3. The molecular formula is C30H29F3NP. The molecule has 180 valence electrons. The molecule has 2 aromatic heterocycles. The zero-order chi connectivity index (χ0) is 25.3. The van der Waals surface area contributed by atoms with E-state index in [4.69, 9.17) is 0 Å². The van der Waals surface area contributed by atoms with E-state index in [0.29, 0.717) is 16.5 Å². The molecule has 0 spiro atoms. The average Bonchev–Trinajstić information content (AvgIpc) is 3.03. The molecule has 35 heavy (non-hydrogen) atoms. The molecule has 0 aliphatic rings. The Hall–Kier alpha value is -2.84. The van der Waals surface area contributed by atoms with E-state index in [-0.39, 0.29) is 5.41 Å². The summed E-state index contributed by atoms with van der Waals surface area (Å²) in [6.07, 6.45) is -2.50. The first-order valence-corrected chi connectivity index (χ1v) is 13.6. The Bertz CT molecular complexity index is 1600. The number of aryl methyl sites for hydroxylation is 3. The highest BCUT2D eigenvalue weighted by Gasteiger charge is 2.35. The molecule has 0 bridgehead atoms. The van der Waals surface area contributed by atoms with Crippen LogP contribution in [0.25, 0.3) is 43.0 Å². The summed E-state index contributed by atoms with van der Waals surface area (Å²) >= 11 is 0. The Morgan fingerprint density at radius 2 is 1.49 bits per heavy atom. The Morgan fingerprint density at radius 3 is 2.11 bits per heavy atom. The zero-order valence-electron chi connectivity index (χ0n) is 20.9. The SMILES string of the molecule is Cc1cc(C)cc(-c2ncc(C(F)(F)F)c3c4ccc5cc(CC(C)(C)C)ccc5c4p(C)c23)c1. The van der Waals surface area contributed by atoms with Gasteiger partial charge in [-0.2, -0.15) is 13.2 Å². The zero-order valence-corrected chi connectivity index (χ0v) is 21.8. The maximum absolute atomic E-state index is 14.2. The lowest BCUT2D eigenvalue weighted by Gasteiger charge is -2.18. The molecule has 1 unspecified atom stereocenters. The number of fused-ring (bicyclic) bond motifs is 5. The van der Waals surface area contributed by atoms with E-state index >= 15 is 0 Å². The lowest BCUT2D eigenvalue weighted by Crippen LogP contribution is -2.08. The summed E-state index contributed by atoms with van der Waals surface area (Å²) in [5.74, 6) is 0. The second-order valence-electron chi connectivity index (χ2n) is 10.9. The van der Waals surface area contributed by atoms with Crippen LogP contribution in [0.4, 0.5) is 13.2 Å². The van der Waals surface area contributed by atoms with E-state index in [1.54, 1.807) is 0 Å². The van der Waals surface area contributed by atoms with Crippen molar-refractivity contribution in [1.29, 1.82) is 0 Å². The van der Waals surface area contributed by atoms with Crippen LogP contribution in [0.1, 0.15) is 43.0 Å². The molecule has 3 aromatic carbocycles. The number of alkyl halides is 3. The Morgan fingerprint density at radius 1 is 0.829 bits per heavy atom. The Balaban J connectivity index is 1.90. The second kappa shape index (κ2) is 8.10. The predicted octanol–water partition coefficient (Wildman–Crippen LogP) is 9.96. The number of hydrogen-bond acceptors (Lipinski definition) is 1. The van der Waals surface area contributed by atoms with Crippen molar-refractivity contribution in [2.75, 3.05) is 0 Å². The summed E-state index contributed by atoms with van der Waals surface area (Å²) in [6.45, 7) is 12.7. The summed E-state index contributed by atoms with van der Waals surface area (Å²) in [5, 5.41) is 4.91. The smallest absolute Gasteiger partial charge is 0.255 e. The molecule has 1 atom stereocenters. The number of pyridine rings is 1. The van der Waals surface area contributed by atoms with Crippen LogP contribution in [0.3, 0.4) is 0 Å². The standard InChI is InChI=1S/C30H29F3NP/c1-17-11-18(2)13-21(12-17)26-28-25(24(16-34-26)30(31,32)33)23-10-8-20-14-19(15-29(3,4)5)7-9-22(20)27(23)35(28)6/h7-14,16H,15H2,1-6H3. The predicted molar refractivity (Wildman–Crippen MR) is 144 cm³/mol.